The van der Waals surface area contributed by atoms with E-state index in [4.69, 9.17) is 10.5 Å². The molecule has 1 aliphatic rings. The van der Waals surface area contributed by atoms with Gasteiger partial charge in [0.05, 0.1) is 6.61 Å². The molecule has 1 aromatic rings. The molecule has 1 aromatic carbocycles. The summed E-state index contributed by atoms with van der Waals surface area (Å²) in [5.41, 5.74) is 8.72. The van der Waals surface area contributed by atoms with Crippen LogP contribution < -0.4 is 5.73 Å². The van der Waals surface area contributed by atoms with Crippen LogP contribution in [0, 0.1) is 12.8 Å². The van der Waals surface area contributed by atoms with Gasteiger partial charge >= 0.3 is 0 Å². The van der Waals surface area contributed by atoms with E-state index in [0.717, 1.165) is 19.6 Å². The van der Waals surface area contributed by atoms with Crippen molar-refractivity contribution in [3.8, 4) is 0 Å². The summed E-state index contributed by atoms with van der Waals surface area (Å²) in [6.07, 6.45) is 2.30. The summed E-state index contributed by atoms with van der Waals surface area (Å²) in [4.78, 5) is 0. The zero-order chi connectivity index (χ0) is 11.6. The van der Waals surface area contributed by atoms with Crippen LogP contribution in [0.3, 0.4) is 0 Å². The minimum Gasteiger partial charge on any atom is -0.381 e. The Morgan fingerprint density at radius 2 is 2.25 bits per heavy atom. The molecule has 0 aliphatic carbocycles. The zero-order valence-corrected chi connectivity index (χ0v) is 10.2. The average molecular weight is 219 g/mol. The predicted octanol–water partition coefficient (Wildman–Crippen LogP) is 2.60. The van der Waals surface area contributed by atoms with Crippen LogP contribution >= 0.6 is 0 Å². The van der Waals surface area contributed by atoms with Gasteiger partial charge in [-0.05, 0) is 32.3 Å². The molecule has 1 saturated heterocycles. The largest absolute Gasteiger partial charge is 0.381 e. The fraction of sp³-hybridized carbons (Fsp3) is 0.571. The van der Waals surface area contributed by atoms with Crippen molar-refractivity contribution in [3.05, 3.63) is 35.4 Å². The molecule has 0 aromatic heterocycles. The van der Waals surface area contributed by atoms with Gasteiger partial charge in [0.2, 0.25) is 0 Å². The molecule has 1 aliphatic heterocycles. The number of ether oxygens (including phenoxy) is 1. The Morgan fingerprint density at radius 1 is 1.44 bits per heavy atom. The smallest absolute Gasteiger partial charge is 0.0515 e. The van der Waals surface area contributed by atoms with Gasteiger partial charge in [-0.15, -0.1) is 0 Å². The lowest BCUT2D eigenvalue weighted by Crippen LogP contribution is -2.45. The Hall–Kier alpha value is -0.860. The molecule has 1 heterocycles. The van der Waals surface area contributed by atoms with Crippen LogP contribution in [0.15, 0.2) is 24.3 Å². The second-order valence-electron chi connectivity index (χ2n) is 5.07. The third-order valence-corrected chi connectivity index (χ3v) is 3.65. The van der Waals surface area contributed by atoms with Gasteiger partial charge in [0.25, 0.3) is 0 Å². The van der Waals surface area contributed by atoms with Crippen LogP contribution in [0.2, 0.25) is 0 Å². The molecule has 2 rings (SSSR count). The van der Waals surface area contributed by atoms with Gasteiger partial charge < -0.3 is 10.5 Å². The van der Waals surface area contributed by atoms with Crippen molar-refractivity contribution in [3.63, 3.8) is 0 Å². The summed E-state index contributed by atoms with van der Waals surface area (Å²) < 4.78 is 5.54. The number of aryl methyl sites for hydroxylation is 1. The van der Waals surface area contributed by atoms with E-state index in [-0.39, 0.29) is 5.54 Å². The fourth-order valence-corrected chi connectivity index (χ4v) is 2.43. The minimum atomic E-state index is -0.271. The van der Waals surface area contributed by atoms with Crippen molar-refractivity contribution in [1.29, 1.82) is 0 Å². The first-order chi connectivity index (χ1) is 7.60. The fourth-order valence-electron chi connectivity index (χ4n) is 2.43. The van der Waals surface area contributed by atoms with E-state index in [0.29, 0.717) is 5.92 Å². The van der Waals surface area contributed by atoms with Gasteiger partial charge in [0.1, 0.15) is 0 Å². The lowest BCUT2D eigenvalue weighted by Gasteiger charge is -2.37. The van der Waals surface area contributed by atoms with Gasteiger partial charge in [-0.25, -0.2) is 0 Å². The molecule has 2 N–H and O–H groups in total. The van der Waals surface area contributed by atoms with E-state index >= 15 is 0 Å². The molecule has 0 amide bonds. The standard InChI is InChI=1S/C14H21NO/c1-11-5-3-6-12(9-11)14(2,15)13-7-4-8-16-10-13/h3,5-6,9,13H,4,7-8,10,15H2,1-2H3. The Bertz CT molecular complexity index is 354. The average Bonchev–Trinajstić information content (AvgIpc) is 2.30. The van der Waals surface area contributed by atoms with E-state index in [1.807, 2.05) is 0 Å². The monoisotopic (exact) mass is 219 g/mol. The number of hydrogen-bond donors (Lipinski definition) is 1. The highest BCUT2D eigenvalue weighted by Crippen LogP contribution is 2.32. The van der Waals surface area contributed by atoms with Crippen molar-refractivity contribution < 1.29 is 4.74 Å². The number of nitrogens with two attached hydrogens (primary N) is 1. The third kappa shape index (κ3) is 2.28. The van der Waals surface area contributed by atoms with Crippen LogP contribution in [0.25, 0.3) is 0 Å². The van der Waals surface area contributed by atoms with E-state index in [2.05, 4.69) is 38.1 Å². The van der Waals surface area contributed by atoms with Crippen molar-refractivity contribution in [2.24, 2.45) is 11.7 Å². The number of hydrogen-bond acceptors (Lipinski definition) is 2. The summed E-state index contributed by atoms with van der Waals surface area (Å²) >= 11 is 0. The minimum absolute atomic E-state index is 0.271. The molecule has 1 fully saturated rings. The number of benzene rings is 1. The number of rotatable bonds is 2. The molecule has 16 heavy (non-hydrogen) atoms. The normalized spacial score (nSPS) is 25.1. The highest BCUT2D eigenvalue weighted by atomic mass is 16.5. The van der Waals surface area contributed by atoms with Crippen LogP contribution in [0.1, 0.15) is 30.9 Å². The first-order valence-electron chi connectivity index (χ1n) is 6.04. The molecule has 2 atom stereocenters. The molecule has 0 bridgehead atoms. The second-order valence-corrected chi connectivity index (χ2v) is 5.07. The van der Waals surface area contributed by atoms with Crippen LogP contribution in [-0.2, 0) is 10.3 Å². The summed E-state index contributed by atoms with van der Waals surface area (Å²) in [5.74, 6) is 0.433. The Labute approximate surface area is 97.8 Å². The molecule has 0 spiro atoms. The van der Waals surface area contributed by atoms with Gasteiger partial charge in [-0.3, -0.25) is 0 Å². The third-order valence-electron chi connectivity index (χ3n) is 3.65. The molecule has 2 nitrogen and oxygen atoms in total. The van der Waals surface area contributed by atoms with E-state index in [1.54, 1.807) is 0 Å². The Balaban J connectivity index is 2.22. The van der Waals surface area contributed by atoms with Crippen LogP contribution in [0.4, 0.5) is 0 Å². The maximum atomic E-state index is 6.50. The molecular weight excluding hydrogens is 198 g/mol. The van der Waals surface area contributed by atoms with Gasteiger partial charge in [0.15, 0.2) is 0 Å². The summed E-state index contributed by atoms with van der Waals surface area (Å²) in [6.45, 7) is 5.92. The molecule has 0 radical (unpaired) electrons. The molecular formula is C14H21NO. The molecule has 2 unspecified atom stereocenters. The maximum absolute atomic E-state index is 6.50. The lowest BCUT2D eigenvalue weighted by atomic mass is 9.77. The SMILES string of the molecule is Cc1cccc(C(C)(N)C2CCCOC2)c1. The Morgan fingerprint density at radius 3 is 2.88 bits per heavy atom. The van der Waals surface area contributed by atoms with Gasteiger partial charge in [-0.2, -0.15) is 0 Å². The van der Waals surface area contributed by atoms with Crippen LogP contribution in [-0.4, -0.2) is 13.2 Å². The van der Waals surface area contributed by atoms with E-state index in [1.165, 1.54) is 17.5 Å². The highest BCUT2D eigenvalue weighted by Gasteiger charge is 2.33. The van der Waals surface area contributed by atoms with E-state index in [9.17, 15) is 0 Å². The van der Waals surface area contributed by atoms with Crippen molar-refractivity contribution in [1.82, 2.24) is 0 Å². The van der Waals surface area contributed by atoms with Gasteiger partial charge in [-0.1, -0.05) is 29.8 Å². The maximum Gasteiger partial charge on any atom is 0.0515 e. The summed E-state index contributed by atoms with van der Waals surface area (Å²) in [7, 11) is 0. The Kier molecular flexibility index (Phi) is 3.31. The molecule has 88 valence electrons. The first kappa shape index (κ1) is 11.6. The van der Waals surface area contributed by atoms with Crippen molar-refractivity contribution in [2.45, 2.75) is 32.2 Å². The quantitative estimate of drug-likeness (QED) is 0.829. The zero-order valence-electron chi connectivity index (χ0n) is 10.2. The van der Waals surface area contributed by atoms with Gasteiger partial charge in [0, 0.05) is 18.1 Å². The molecule has 2 heteroatoms. The highest BCUT2D eigenvalue weighted by molar-refractivity contribution is 5.29. The first-order valence-corrected chi connectivity index (χ1v) is 6.04. The van der Waals surface area contributed by atoms with Crippen LogP contribution in [0.5, 0.6) is 0 Å². The second kappa shape index (κ2) is 4.56. The van der Waals surface area contributed by atoms with Crippen molar-refractivity contribution in [2.75, 3.05) is 13.2 Å². The summed E-state index contributed by atoms with van der Waals surface area (Å²) in [6, 6.07) is 8.51. The topological polar surface area (TPSA) is 35.2 Å². The van der Waals surface area contributed by atoms with Crippen molar-refractivity contribution >= 4 is 0 Å². The van der Waals surface area contributed by atoms with E-state index < -0.39 is 0 Å². The summed E-state index contributed by atoms with van der Waals surface area (Å²) in [5, 5.41) is 0. The predicted molar refractivity (Wildman–Crippen MR) is 66.3 cm³/mol. The lowest BCUT2D eigenvalue weighted by molar-refractivity contribution is 0.0243. The molecule has 0 saturated carbocycles.